The summed E-state index contributed by atoms with van der Waals surface area (Å²) in [5.41, 5.74) is 0.0134. The van der Waals surface area contributed by atoms with Gasteiger partial charge in [0.2, 0.25) is 0 Å². The fourth-order valence-corrected chi connectivity index (χ4v) is 3.71. The number of hydrogen-bond donors (Lipinski definition) is 1. The standard InChI is InChI=1S/C12H24N2OS/c1-10-6-14(9-12(2,3)15-10)7-11-8-16-5-4-13-11/h10-11,13H,4-9H2,1-3H3. The molecule has 0 aromatic rings. The summed E-state index contributed by atoms with van der Waals surface area (Å²) < 4.78 is 5.93. The first-order chi connectivity index (χ1) is 7.55. The highest BCUT2D eigenvalue weighted by molar-refractivity contribution is 7.99. The van der Waals surface area contributed by atoms with Crippen molar-refractivity contribution in [2.75, 3.05) is 37.7 Å². The van der Waals surface area contributed by atoms with Crippen LogP contribution in [0.3, 0.4) is 0 Å². The van der Waals surface area contributed by atoms with Crippen LogP contribution in [-0.2, 0) is 4.74 Å². The van der Waals surface area contributed by atoms with E-state index in [1.165, 1.54) is 24.6 Å². The summed E-state index contributed by atoms with van der Waals surface area (Å²) in [7, 11) is 0. The van der Waals surface area contributed by atoms with Crippen LogP contribution in [0.5, 0.6) is 0 Å². The number of morpholine rings is 1. The molecule has 0 saturated carbocycles. The Kier molecular flexibility index (Phi) is 4.16. The Morgan fingerprint density at radius 1 is 1.50 bits per heavy atom. The fraction of sp³-hybridized carbons (Fsp3) is 1.00. The average Bonchev–Trinajstić information content (AvgIpc) is 2.15. The van der Waals surface area contributed by atoms with Crippen LogP contribution >= 0.6 is 11.8 Å². The monoisotopic (exact) mass is 244 g/mol. The molecule has 0 spiro atoms. The Labute approximate surface area is 103 Å². The average molecular weight is 244 g/mol. The van der Waals surface area contributed by atoms with Gasteiger partial charge in [0.05, 0.1) is 11.7 Å². The zero-order valence-electron chi connectivity index (χ0n) is 10.7. The van der Waals surface area contributed by atoms with E-state index in [2.05, 4.69) is 42.7 Å². The number of thioether (sulfide) groups is 1. The van der Waals surface area contributed by atoms with Crippen molar-refractivity contribution in [2.24, 2.45) is 0 Å². The van der Waals surface area contributed by atoms with Gasteiger partial charge in [0.15, 0.2) is 0 Å². The number of rotatable bonds is 2. The Bertz CT molecular complexity index is 229. The van der Waals surface area contributed by atoms with Gasteiger partial charge in [0.1, 0.15) is 0 Å². The van der Waals surface area contributed by atoms with Crippen LogP contribution in [0.2, 0.25) is 0 Å². The first-order valence-electron chi connectivity index (χ1n) is 6.26. The van der Waals surface area contributed by atoms with Gasteiger partial charge in [-0.3, -0.25) is 4.90 Å². The lowest BCUT2D eigenvalue weighted by Crippen LogP contribution is -2.56. The molecule has 2 heterocycles. The topological polar surface area (TPSA) is 24.5 Å². The Morgan fingerprint density at radius 2 is 2.31 bits per heavy atom. The molecular formula is C12H24N2OS. The second-order valence-electron chi connectivity index (χ2n) is 5.61. The summed E-state index contributed by atoms with van der Waals surface area (Å²) >= 11 is 2.07. The van der Waals surface area contributed by atoms with Crippen molar-refractivity contribution in [3.8, 4) is 0 Å². The molecule has 0 radical (unpaired) electrons. The van der Waals surface area contributed by atoms with Gasteiger partial charge in [-0.2, -0.15) is 11.8 Å². The number of nitrogens with zero attached hydrogens (tertiary/aromatic N) is 1. The molecular weight excluding hydrogens is 220 g/mol. The van der Waals surface area contributed by atoms with Gasteiger partial charge >= 0.3 is 0 Å². The van der Waals surface area contributed by atoms with Crippen LogP contribution in [0.4, 0.5) is 0 Å². The Balaban J connectivity index is 1.84. The molecule has 0 aromatic heterocycles. The van der Waals surface area contributed by atoms with E-state index in [9.17, 15) is 0 Å². The fourth-order valence-electron chi connectivity index (χ4n) is 2.77. The van der Waals surface area contributed by atoms with Crippen LogP contribution < -0.4 is 5.32 Å². The minimum Gasteiger partial charge on any atom is -0.370 e. The molecule has 1 N–H and O–H groups in total. The zero-order chi connectivity index (χ0) is 11.6. The number of ether oxygens (including phenoxy) is 1. The molecule has 0 aromatic carbocycles. The van der Waals surface area contributed by atoms with Crippen molar-refractivity contribution in [3.05, 3.63) is 0 Å². The van der Waals surface area contributed by atoms with Crippen molar-refractivity contribution in [2.45, 2.75) is 38.5 Å². The quantitative estimate of drug-likeness (QED) is 0.789. The molecule has 16 heavy (non-hydrogen) atoms. The first-order valence-corrected chi connectivity index (χ1v) is 7.42. The molecule has 2 saturated heterocycles. The summed E-state index contributed by atoms with van der Waals surface area (Å²) in [6.45, 7) is 11.0. The van der Waals surface area contributed by atoms with Crippen LogP contribution in [0.1, 0.15) is 20.8 Å². The molecule has 2 atom stereocenters. The lowest BCUT2D eigenvalue weighted by atomic mass is 10.1. The second kappa shape index (κ2) is 5.25. The SMILES string of the molecule is CC1CN(CC2CSCCN2)CC(C)(C)O1. The Hall–Kier alpha value is 0.230. The van der Waals surface area contributed by atoms with E-state index in [0.717, 1.165) is 13.1 Å². The highest BCUT2D eigenvalue weighted by Gasteiger charge is 2.32. The molecule has 0 bridgehead atoms. The van der Waals surface area contributed by atoms with Crippen LogP contribution in [0.15, 0.2) is 0 Å². The largest absolute Gasteiger partial charge is 0.370 e. The van der Waals surface area contributed by atoms with E-state index >= 15 is 0 Å². The minimum atomic E-state index is 0.0134. The number of hydrogen-bond acceptors (Lipinski definition) is 4. The normalized spacial score (nSPS) is 36.2. The van der Waals surface area contributed by atoms with E-state index in [1.807, 2.05) is 0 Å². The van der Waals surface area contributed by atoms with Gasteiger partial charge in [0.25, 0.3) is 0 Å². The predicted molar refractivity (Wildman–Crippen MR) is 70.2 cm³/mol. The highest BCUT2D eigenvalue weighted by atomic mass is 32.2. The van der Waals surface area contributed by atoms with Crippen LogP contribution in [0.25, 0.3) is 0 Å². The van der Waals surface area contributed by atoms with Crippen molar-refractivity contribution in [1.82, 2.24) is 10.2 Å². The first kappa shape index (κ1) is 12.7. The third kappa shape index (κ3) is 3.62. The highest BCUT2D eigenvalue weighted by Crippen LogP contribution is 2.21. The molecule has 0 amide bonds. The van der Waals surface area contributed by atoms with Gasteiger partial charge < -0.3 is 10.1 Å². The molecule has 0 aliphatic carbocycles. The summed E-state index contributed by atoms with van der Waals surface area (Å²) in [6, 6.07) is 0.667. The van der Waals surface area contributed by atoms with Crippen molar-refractivity contribution in [3.63, 3.8) is 0 Å². The smallest absolute Gasteiger partial charge is 0.0757 e. The molecule has 2 aliphatic heterocycles. The molecule has 2 fully saturated rings. The van der Waals surface area contributed by atoms with Crippen LogP contribution in [-0.4, -0.2) is 60.3 Å². The van der Waals surface area contributed by atoms with E-state index in [1.54, 1.807) is 0 Å². The maximum atomic E-state index is 5.93. The van der Waals surface area contributed by atoms with Gasteiger partial charge in [-0.25, -0.2) is 0 Å². The van der Waals surface area contributed by atoms with E-state index < -0.39 is 0 Å². The molecule has 2 unspecified atom stereocenters. The van der Waals surface area contributed by atoms with Crippen molar-refractivity contribution in [1.29, 1.82) is 0 Å². The minimum absolute atomic E-state index is 0.0134. The van der Waals surface area contributed by atoms with Crippen molar-refractivity contribution >= 4 is 11.8 Å². The van der Waals surface area contributed by atoms with Gasteiger partial charge in [-0.1, -0.05) is 0 Å². The zero-order valence-corrected chi connectivity index (χ0v) is 11.5. The lowest BCUT2D eigenvalue weighted by Gasteiger charge is -2.43. The van der Waals surface area contributed by atoms with Gasteiger partial charge in [-0.15, -0.1) is 0 Å². The molecule has 2 aliphatic rings. The molecule has 3 nitrogen and oxygen atoms in total. The van der Waals surface area contributed by atoms with Gasteiger partial charge in [0, 0.05) is 43.7 Å². The molecule has 4 heteroatoms. The summed E-state index contributed by atoms with van der Waals surface area (Å²) in [5, 5.41) is 3.61. The van der Waals surface area contributed by atoms with Crippen molar-refractivity contribution < 1.29 is 4.74 Å². The summed E-state index contributed by atoms with van der Waals surface area (Å²) in [4.78, 5) is 2.55. The maximum Gasteiger partial charge on any atom is 0.0757 e. The van der Waals surface area contributed by atoms with E-state index in [4.69, 9.17) is 4.74 Å². The van der Waals surface area contributed by atoms with E-state index in [0.29, 0.717) is 12.1 Å². The maximum absolute atomic E-state index is 5.93. The molecule has 94 valence electrons. The molecule has 2 rings (SSSR count). The van der Waals surface area contributed by atoms with Crippen LogP contribution in [0, 0.1) is 0 Å². The second-order valence-corrected chi connectivity index (χ2v) is 6.76. The third-order valence-corrected chi connectivity index (χ3v) is 4.25. The van der Waals surface area contributed by atoms with E-state index in [-0.39, 0.29) is 5.60 Å². The third-order valence-electron chi connectivity index (χ3n) is 3.12. The summed E-state index contributed by atoms with van der Waals surface area (Å²) in [5.74, 6) is 2.52. The lowest BCUT2D eigenvalue weighted by molar-refractivity contribution is -0.129. The predicted octanol–water partition coefficient (Wildman–Crippen LogP) is 1.19. The Morgan fingerprint density at radius 3 is 2.94 bits per heavy atom. The number of nitrogens with one attached hydrogen (secondary N) is 1. The van der Waals surface area contributed by atoms with Gasteiger partial charge in [-0.05, 0) is 20.8 Å². The summed E-state index contributed by atoms with van der Waals surface area (Å²) in [6.07, 6.45) is 0.361.